The molecule has 0 spiro atoms. The van der Waals surface area contributed by atoms with Gasteiger partial charge in [-0.25, -0.2) is 4.98 Å². The van der Waals surface area contributed by atoms with E-state index in [-0.39, 0.29) is 36.1 Å². The van der Waals surface area contributed by atoms with E-state index in [2.05, 4.69) is 22.4 Å². The van der Waals surface area contributed by atoms with E-state index in [9.17, 15) is 23.2 Å². The average molecular weight is 583 g/mol. The number of carbonyl (C=O) groups is 1. The van der Waals surface area contributed by atoms with Gasteiger partial charge >= 0.3 is 6.18 Å². The zero-order chi connectivity index (χ0) is 30.2. The number of hydrogen-bond acceptors (Lipinski definition) is 7. The van der Waals surface area contributed by atoms with E-state index < -0.39 is 11.7 Å². The lowest BCUT2D eigenvalue weighted by molar-refractivity contribution is -0.137. The predicted octanol–water partition coefficient (Wildman–Crippen LogP) is 4.54. The van der Waals surface area contributed by atoms with E-state index in [1.165, 1.54) is 12.1 Å². The monoisotopic (exact) mass is 582 g/mol. The molecule has 2 aromatic rings. The van der Waals surface area contributed by atoms with Gasteiger partial charge in [-0.1, -0.05) is 18.7 Å². The molecule has 0 radical (unpaired) electrons. The molecule has 0 bridgehead atoms. The molecule has 0 aliphatic carbocycles. The molecule has 2 saturated heterocycles. The van der Waals surface area contributed by atoms with Crippen molar-refractivity contribution >= 4 is 17.3 Å². The van der Waals surface area contributed by atoms with Crippen molar-refractivity contribution in [2.75, 3.05) is 56.2 Å². The molecule has 5 rings (SSSR count). The van der Waals surface area contributed by atoms with Crippen molar-refractivity contribution in [1.29, 1.82) is 5.26 Å². The van der Waals surface area contributed by atoms with E-state index in [0.29, 0.717) is 56.0 Å². The van der Waals surface area contributed by atoms with Gasteiger partial charge in [0.15, 0.2) is 0 Å². The van der Waals surface area contributed by atoms with Crippen LogP contribution in [-0.4, -0.2) is 79.2 Å². The Morgan fingerprint density at radius 3 is 2.64 bits per heavy atom. The maximum absolute atomic E-state index is 14.0. The first-order valence-electron chi connectivity index (χ1n) is 14.4. The number of piperazine rings is 1. The lowest BCUT2D eigenvalue weighted by Crippen LogP contribution is -2.54. The number of nitrogens with zero attached hydrogens (tertiary/aromatic N) is 6. The molecule has 1 amide bonds. The number of hydrogen-bond donors (Lipinski definition) is 0. The maximum atomic E-state index is 14.0. The van der Waals surface area contributed by atoms with Crippen LogP contribution in [0.1, 0.15) is 47.7 Å². The van der Waals surface area contributed by atoms with E-state index in [4.69, 9.17) is 9.72 Å². The van der Waals surface area contributed by atoms with Gasteiger partial charge in [0.25, 0.3) is 0 Å². The minimum Gasteiger partial charge on any atom is -0.475 e. The number of anilines is 2. The first-order valence-corrected chi connectivity index (χ1v) is 14.4. The van der Waals surface area contributed by atoms with Gasteiger partial charge in [0.1, 0.15) is 18.2 Å². The van der Waals surface area contributed by atoms with Crippen LogP contribution < -0.4 is 14.5 Å². The standard InChI is InChI=1S/C31H37F3N6O2/c1-5-27(41)40-15-14-39(17-21(40)3)29-23-11-13-38(28-20(2)8-6-10-25(28)31(32,33)34)18-26(23)36-30(24(29)16-35)42-19-22-9-7-12-37(22)4/h5-6,8,10,21-22H,1,7,9,11-15,17-19H2,2-4H3/t21-,22-/m0/s1. The number of aryl methyl sites for hydroxylation is 1. The quantitative estimate of drug-likeness (QED) is 0.463. The number of fused-ring (bicyclic) bond motifs is 1. The Kier molecular flexibility index (Phi) is 8.37. The first-order chi connectivity index (χ1) is 20.0. The second kappa shape index (κ2) is 11.8. The van der Waals surface area contributed by atoms with Crippen molar-refractivity contribution in [3.63, 3.8) is 0 Å². The Balaban J connectivity index is 1.55. The number of carbonyl (C=O) groups excluding carboxylic acids is 1. The van der Waals surface area contributed by atoms with Crippen LogP contribution in [0.3, 0.4) is 0 Å². The zero-order valence-electron chi connectivity index (χ0n) is 24.4. The maximum Gasteiger partial charge on any atom is 0.418 e. The second-order valence-corrected chi connectivity index (χ2v) is 11.4. The molecule has 0 unspecified atom stereocenters. The molecule has 3 aliphatic heterocycles. The molecule has 4 heterocycles. The van der Waals surface area contributed by atoms with Crippen molar-refractivity contribution < 1.29 is 22.7 Å². The van der Waals surface area contributed by atoms with Gasteiger partial charge in [-0.3, -0.25) is 4.79 Å². The fourth-order valence-corrected chi connectivity index (χ4v) is 6.56. The summed E-state index contributed by atoms with van der Waals surface area (Å²) in [6.07, 6.45) is -0.719. The molecular formula is C31H37F3N6O2. The number of ether oxygens (including phenoxy) is 1. The van der Waals surface area contributed by atoms with Gasteiger partial charge in [-0.15, -0.1) is 0 Å². The SMILES string of the molecule is C=CC(=O)N1CCN(c2c(C#N)c(OC[C@@H]3CCCN3C)nc3c2CCN(c2c(C)cccc2C(F)(F)F)C3)C[C@@H]1C. The Morgan fingerprint density at radius 1 is 1.21 bits per heavy atom. The van der Waals surface area contributed by atoms with Crippen molar-refractivity contribution in [3.05, 3.63) is 58.8 Å². The van der Waals surface area contributed by atoms with Crippen molar-refractivity contribution in [2.45, 2.75) is 57.9 Å². The Bertz CT molecular complexity index is 1400. The Hall–Kier alpha value is -3.78. The largest absolute Gasteiger partial charge is 0.475 e. The number of aromatic nitrogens is 1. The Morgan fingerprint density at radius 2 is 2.00 bits per heavy atom. The van der Waals surface area contributed by atoms with Crippen LogP contribution >= 0.6 is 0 Å². The number of likely N-dealkylation sites (N-methyl/N-ethyl adjacent to an activating group) is 1. The molecule has 1 aromatic carbocycles. The van der Waals surface area contributed by atoms with Crippen molar-refractivity contribution in [3.8, 4) is 11.9 Å². The fraction of sp³-hybridized carbons (Fsp3) is 0.516. The van der Waals surface area contributed by atoms with Crippen LogP contribution in [0.5, 0.6) is 5.88 Å². The summed E-state index contributed by atoms with van der Waals surface area (Å²) in [6, 6.07) is 6.65. The van der Waals surface area contributed by atoms with E-state index in [1.807, 2.05) is 14.0 Å². The number of para-hydroxylation sites is 1. The van der Waals surface area contributed by atoms with Gasteiger partial charge in [-0.2, -0.15) is 18.4 Å². The van der Waals surface area contributed by atoms with Gasteiger partial charge in [0, 0.05) is 43.8 Å². The summed E-state index contributed by atoms with van der Waals surface area (Å²) in [5.41, 5.74) is 2.55. The summed E-state index contributed by atoms with van der Waals surface area (Å²) in [5.74, 6) is 0.0740. The van der Waals surface area contributed by atoms with Gasteiger partial charge < -0.3 is 24.3 Å². The topological polar surface area (TPSA) is 75.9 Å². The lowest BCUT2D eigenvalue weighted by Gasteiger charge is -2.43. The molecule has 2 atom stereocenters. The highest BCUT2D eigenvalue weighted by Crippen LogP contribution is 2.42. The third-order valence-electron chi connectivity index (χ3n) is 8.75. The number of alkyl halides is 3. The predicted molar refractivity (Wildman–Crippen MR) is 155 cm³/mol. The fourth-order valence-electron chi connectivity index (χ4n) is 6.56. The molecule has 0 saturated carbocycles. The van der Waals surface area contributed by atoms with Crippen LogP contribution in [0, 0.1) is 18.3 Å². The molecule has 11 heteroatoms. The van der Waals surface area contributed by atoms with Gasteiger partial charge in [0.05, 0.1) is 29.2 Å². The van der Waals surface area contributed by atoms with Crippen molar-refractivity contribution in [2.24, 2.45) is 0 Å². The normalized spacial score (nSPS) is 21.2. The summed E-state index contributed by atoms with van der Waals surface area (Å²) in [4.78, 5) is 25.0. The molecule has 0 N–H and O–H groups in total. The number of nitriles is 1. The average Bonchev–Trinajstić information content (AvgIpc) is 3.38. The molecule has 42 heavy (non-hydrogen) atoms. The van der Waals surface area contributed by atoms with Crippen molar-refractivity contribution in [1.82, 2.24) is 14.8 Å². The summed E-state index contributed by atoms with van der Waals surface area (Å²) < 4.78 is 48.4. The molecule has 8 nitrogen and oxygen atoms in total. The van der Waals surface area contributed by atoms with Crippen LogP contribution in [0.4, 0.5) is 24.5 Å². The Labute approximate surface area is 245 Å². The molecule has 224 valence electrons. The minimum absolute atomic E-state index is 0.127. The van der Waals surface area contributed by atoms with Crippen LogP contribution in [0.25, 0.3) is 0 Å². The van der Waals surface area contributed by atoms with Crippen LogP contribution in [-0.2, 0) is 23.9 Å². The molecule has 1 aromatic heterocycles. The number of amides is 1. The summed E-state index contributed by atoms with van der Waals surface area (Å²) in [6.45, 7) is 10.6. The molecular weight excluding hydrogens is 545 g/mol. The number of likely N-dealkylation sites (tertiary alicyclic amines) is 1. The van der Waals surface area contributed by atoms with Gasteiger partial charge in [-0.05, 0) is 64.4 Å². The highest BCUT2D eigenvalue weighted by molar-refractivity contribution is 5.87. The zero-order valence-corrected chi connectivity index (χ0v) is 24.4. The molecule has 2 fully saturated rings. The second-order valence-electron chi connectivity index (χ2n) is 11.4. The number of benzene rings is 1. The number of pyridine rings is 1. The van der Waals surface area contributed by atoms with Crippen LogP contribution in [0.15, 0.2) is 30.9 Å². The minimum atomic E-state index is -4.49. The highest BCUT2D eigenvalue weighted by Gasteiger charge is 2.38. The first kappa shape index (κ1) is 29.7. The third kappa shape index (κ3) is 5.64. The lowest BCUT2D eigenvalue weighted by atomic mass is 9.96. The third-order valence-corrected chi connectivity index (χ3v) is 8.75. The summed E-state index contributed by atoms with van der Waals surface area (Å²) in [5, 5.41) is 10.4. The van der Waals surface area contributed by atoms with Gasteiger partial charge in [0.2, 0.25) is 11.8 Å². The number of rotatable bonds is 6. The van der Waals surface area contributed by atoms with E-state index >= 15 is 0 Å². The smallest absolute Gasteiger partial charge is 0.418 e. The van der Waals surface area contributed by atoms with E-state index in [1.54, 1.807) is 22.8 Å². The number of halogens is 3. The molecule has 3 aliphatic rings. The summed E-state index contributed by atoms with van der Waals surface area (Å²) in [7, 11) is 2.04. The highest BCUT2D eigenvalue weighted by atomic mass is 19.4. The van der Waals surface area contributed by atoms with Crippen LogP contribution in [0.2, 0.25) is 0 Å². The summed E-state index contributed by atoms with van der Waals surface area (Å²) >= 11 is 0. The van der Waals surface area contributed by atoms with E-state index in [0.717, 1.165) is 36.7 Å².